The minimum absolute atomic E-state index is 0.217. The molecule has 4 heteroatoms. The van der Waals surface area contributed by atoms with Crippen molar-refractivity contribution >= 4 is 11.9 Å². The summed E-state index contributed by atoms with van der Waals surface area (Å²) in [6, 6.07) is 0. The maximum Gasteiger partial charge on any atom is 0.309 e. The smallest absolute Gasteiger partial charge is 0.309 e. The van der Waals surface area contributed by atoms with Gasteiger partial charge in [-0.2, -0.15) is 0 Å². The topological polar surface area (TPSA) is 52.6 Å². The Morgan fingerprint density at radius 1 is 1.53 bits per heavy atom. The first-order valence-electron chi connectivity index (χ1n) is 5.06. The lowest BCUT2D eigenvalue weighted by Gasteiger charge is -2.23. The summed E-state index contributed by atoms with van der Waals surface area (Å²) >= 11 is 0. The highest BCUT2D eigenvalue weighted by molar-refractivity contribution is 5.73. The summed E-state index contributed by atoms with van der Waals surface area (Å²) in [6.07, 6.45) is 4.66. The lowest BCUT2D eigenvalue weighted by Crippen LogP contribution is -2.23. The number of carbonyl (C=O) groups is 2. The van der Waals surface area contributed by atoms with Gasteiger partial charge in [-0.1, -0.05) is 6.08 Å². The van der Waals surface area contributed by atoms with Crippen LogP contribution in [0, 0.1) is 0 Å². The van der Waals surface area contributed by atoms with E-state index in [1.807, 2.05) is 6.08 Å². The van der Waals surface area contributed by atoms with Gasteiger partial charge in [0.2, 0.25) is 0 Å². The molecular formula is C11H16O4. The van der Waals surface area contributed by atoms with E-state index in [9.17, 15) is 9.59 Å². The van der Waals surface area contributed by atoms with Crippen molar-refractivity contribution in [2.24, 2.45) is 0 Å². The van der Waals surface area contributed by atoms with E-state index in [4.69, 9.17) is 4.74 Å². The predicted octanol–water partition coefficient (Wildman–Crippen LogP) is 1.59. The number of allylic oxidation sites excluding steroid dienone is 1. The summed E-state index contributed by atoms with van der Waals surface area (Å²) in [5.74, 6) is -0.599. The molecule has 1 rings (SSSR count). The molecule has 1 unspecified atom stereocenters. The normalized spacial score (nSPS) is 20.4. The Hall–Kier alpha value is -1.32. The maximum absolute atomic E-state index is 11.1. The minimum atomic E-state index is -0.308. The van der Waals surface area contributed by atoms with E-state index in [-0.39, 0.29) is 24.5 Å². The van der Waals surface area contributed by atoms with E-state index < -0.39 is 0 Å². The number of hydrogen-bond acceptors (Lipinski definition) is 4. The SMILES string of the molecule is COC(=O)CC1=CCCCC1OC(C)=O. The third-order valence-electron chi connectivity index (χ3n) is 2.37. The molecule has 0 bridgehead atoms. The van der Waals surface area contributed by atoms with Gasteiger partial charge in [0.1, 0.15) is 6.10 Å². The van der Waals surface area contributed by atoms with Crippen molar-refractivity contribution < 1.29 is 19.1 Å². The largest absolute Gasteiger partial charge is 0.469 e. The van der Waals surface area contributed by atoms with Crippen molar-refractivity contribution in [1.82, 2.24) is 0 Å². The van der Waals surface area contributed by atoms with Crippen LogP contribution in [0.5, 0.6) is 0 Å². The lowest BCUT2D eigenvalue weighted by molar-refractivity contribution is -0.147. The average Bonchev–Trinajstić information content (AvgIpc) is 2.20. The molecule has 0 N–H and O–H groups in total. The molecule has 0 saturated carbocycles. The summed E-state index contributed by atoms with van der Waals surface area (Å²) in [4.78, 5) is 22.0. The van der Waals surface area contributed by atoms with Gasteiger partial charge in [0.15, 0.2) is 0 Å². The number of hydrogen-bond donors (Lipinski definition) is 0. The second-order valence-electron chi connectivity index (χ2n) is 3.56. The molecule has 0 aromatic carbocycles. The van der Waals surface area contributed by atoms with Crippen LogP contribution in [-0.4, -0.2) is 25.2 Å². The molecule has 0 aliphatic heterocycles. The first-order chi connectivity index (χ1) is 7.13. The van der Waals surface area contributed by atoms with Crippen LogP contribution in [0.3, 0.4) is 0 Å². The van der Waals surface area contributed by atoms with Crippen molar-refractivity contribution in [3.05, 3.63) is 11.6 Å². The van der Waals surface area contributed by atoms with Gasteiger partial charge in [0.25, 0.3) is 0 Å². The van der Waals surface area contributed by atoms with Gasteiger partial charge in [-0.25, -0.2) is 0 Å². The second kappa shape index (κ2) is 5.53. The van der Waals surface area contributed by atoms with Crippen LogP contribution in [0.4, 0.5) is 0 Å². The Bertz CT molecular complexity index is 280. The van der Waals surface area contributed by atoms with Crippen LogP contribution < -0.4 is 0 Å². The molecule has 0 amide bonds. The number of carbonyl (C=O) groups excluding carboxylic acids is 2. The number of esters is 2. The Morgan fingerprint density at radius 2 is 2.27 bits per heavy atom. The maximum atomic E-state index is 11.1. The lowest BCUT2D eigenvalue weighted by atomic mass is 9.94. The summed E-state index contributed by atoms with van der Waals surface area (Å²) in [5, 5.41) is 0. The van der Waals surface area contributed by atoms with E-state index in [2.05, 4.69) is 4.74 Å². The van der Waals surface area contributed by atoms with Gasteiger partial charge in [-0.05, 0) is 24.8 Å². The Balaban J connectivity index is 2.60. The number of ether oxygens (including phenoxy) is 2. The summed E-state index contributed by atoms with van der Waals surface area (Å²) in [7, 11) is 1.35. The highest BCUT2D eigenvalue weighted by atomic mass is 16.5. The zero-order chi connectivity index (χ0) is 11.3. The van der Waals surface area contributed by atoms with Crippen molar-refractivity contribution in [3.63, 3.8) is 0 Å². The second-order valence-corrected chi connectivity index (χ2v) is 3.56. The molecule has 1 aliphatic rings. The highest BCUT2D eigenvalue weighted by Crippen LogP contribution is 2.24. The predicted molar refractivity (Wildman–Crippen MR) is 54.1 cm³/mol. The first kappa shape index (κ1) is 11.8. The fourth-order valence-corrected chi connectivity index (χ4v) is 1.67. The van der Waals surface area contributed by atoms with Crippen LogP contribution in [0.2, 0.25) is 0 Å². The molecule has 0 saturated heterocycles. The molecule has 0 spiro atoms. The molecule has 4 nitrogen and oxygen atoms in total. The Labute approximate surface area is 89.2 Å². The van der Waals surface area contributed by atoms with Crippen molar-refractivity contribution in [2.75, 3.05) is 7.11 Å². The molecule has 0 aromatic heterocycles. The molecule has 0 radical (unpaired) electrons. The molecule has 15 heavy (non-hydrogen) atoms. The zero-order valence-corrected chi connectivity index (χ0v) is 9.12. The fourth-order valence-electron chi connectivity index (χ4n) is 1.67. The van der Waals surface area contributed by atoms with Gasteiger partial charge in [0.05, 0.1) is 13.5 Å². The molecular weight excluding hydrogens is 196 g/mol. The van der Waals surface area contributed by atoms with Crippen LogP contribution in [0.25, 0.3) is 0 Å². The molecule has 0 aromatic rings. The minimum Gasteiger partial charge on any atom is -0.469 e. The Morgan fingerprint density at radius 3 is 2.87 bits per heavy atom. The summed E-state index contributed by atoms with van der Waals surface area (Å²) < 4.78 is 9.72. The molecule has 84 valence electrons. The van der Waals surface area contributed by atoms with Gasteiger partial charge < -0.3 is 9.47 Å². The van der Waals surface area contributed by atoms with Gasteiger partial charge in [-0.15, -0.1) is 0 Å². The van der Waals surface area contributed by atoms with Crippen LogP contribution in [-0.2, 0) is 19.1 Å². The average molecular weight is 212 g/mol. The van der Waals surface area contributed by atoms with Crippen molar-refractivity contribution in [3.8, 4) is 0 Å². The van der Waals surface area contributed by atoms with E-state index in [1.165, 1.54) is 14.0 Å². The van der Waals surface area contributed by atoms with Crippen LogP contribution in [0.15, 0.2) is 11.6 Å². The zero-order valence-electron chi connectivity index (χ0n) is 9.12. The number of rotatable bonds is 3. The van der Waals surface area contributed by atoms with E-state index in [0.717, 1.165) is 24.8 Å². The van der Waals surface area contributed by atoms with Gasteiger partial charge in [0, 0.05) is 6.92 Å². The van der Waals surface area contributed by atoms with Gasteiger partial charge >= 0.3 is 11.9 Å². The fraction of sp³-hybridized carbons (Fsp3) is 0.636. The summed E-state index contributed by atoms with van der Waals surface area (Å²) in [6.45, 7) is 1.38. The molecule has 0 fully saturated rings. The monoisotopic (exact) mass is 212 g/mol. The molecule has 1 atom stereocenters. The Kier molecular flexibility index (Phi) is 4.34. The van der Waals surface area contributed by atoms with Gasteiger partial charge in [-0.3, -0.25) is 9.59 Å². The first-order valence-corrected chi connectivity index (χ1v) is 5.06. The van der Waals surface area contributed by atoms with Crippen LogP contribution >= 0.6 is 0 Å². The number of methoxy groups -OCH3 is 1. The summed E-state index contributed by atoms with van der Waals surface area (Å²) in [5.41, 5.74) is 0.864. The van der Waals surface area contributed by atoms with Crippen LogP contribution in [0.1, 0.15) is 32.6 Å². The van der Waals surface area contributed by atoms with E-state index >= 15 is 0 Å². The van der Waals surface area contributed by atoms with Crippen molar-refractivity contribution in [2.45, 2.75) is 38.7 Å². The van der Waals surface area contributed by atoms with Crippen molar-refractivity contribution in [1.29, 1.82) is 0 Å². The molecule has 0 heterocycles. The molecule has 1 aliphatic carbocycles. The standard InChI is InChI=1S/C11H16O4/c1-8(12)15-10-6-4-3-5-9(10)7-11(13)14-2/h5,10H,3-4,6-7H2,1-2H3. The third-order valence-corrected chi connectivity index (χ3v) is 2.37. The third kappa shape index (κ3) is 3.73. The van der Waals surface area contributed by atoms with E-state index in [1.54, 1.807) is 0 Å². The van der Waals surface area contributed by atoms with E-state index in [0.29, 0.717) is 0 Å². The highest BCUT2D eigenvalue weighted by Gasteiger charge is 2.22. The quantitative estimate of drug-likeness (QED) is 0.526.